The maximum Gasteiger partial charge on any atom is 0.411 e. The van der Waals surface area contributed by atoms with Gasteiger partial charge in [-0.1, -0.05) is 23.3 Å². The van der Waals surface area contributed by atoms with E-state index < -0.39 is 12.8 Å². The summed E-state index contributed by atoms with van der Waals surface area (Å²) in [6.45, 7) is -1.19. The molecule has 1 heterocycles. The van der Waals surface area contributed by atoms with Crippen molar-refractivity contribution in [2.45, 2.75) is 6.18 Å². The number of rotatable bonds is 6. The van der Waals surface area contributed by atoms with Gasteiger partial charge in [0.1, 0.15) is 6.61 Å². The highest BCUT2D eigenvalue weighted by Gasteiger charge is 2.27. The quantitative estimate of drug-likeness (QED) is 0.818. The molecule has 0 aliphatic rings. The third kappa shape index (κ3) is 4.19. The molecule has 1 aromatic carbocycles. The van der Waals surface area contributed by atoms with Crippen LogP contribution < -0.4 is 5.32 Å². The van der Waals surface area contributed by atoms with Crippen molar-refractivity contribution < 1.29 is 17.9 Å². The number of hydrogen-bond donors (Lipinski definition) is 1. The van der Waals surface area contributed by atoms with Crippen LogP contribution in [0.25, 0.3) is 5.69 Å². The van der Waals surface area contributed by atoms with Crippen molar-refractivity contribution in [1.29, 1.82) is 0 Å². The maximum atomic E-state index is 11.9. The minimum atomic E-state index is -4.31. The van der Waals surface area contributed by atoms with Gasteiger partial charge in [0.05, 0.1) is 12.3 Å². The molecule has 0 aliphatic heterocycles. The van der Waals surface area contributed by atoms with Crippen molar-refractivity contribution in [2.24, 2.45) is 0 Å². The van der Waals surface area contributed by atoms with Crippen LogP contribution in [0.15, 0.2) is 30.3 Å². The van der Waals surface area contributed by atoms with Gasteiger partial charge in [-0.3, -0.25) is 0 Å². The maximum absolute atomic E-state index is 11.9. The number of benzene rings is 1. The highest BCUT2D eigenvalue weighted by Crippen LogP contribution is 2.14. The summed E-state index contributed by atoms with van der Waals surface area (Å²) in [6.07, 6.45) is -4.31. The molecule has 0 atom stereocenters. The van der Waals surface area contributed by atoms with Crippen LogP contribution in [0.2, 0.25) is 0 Å². The van der Waals surface area contributed by atoms with Crippen molar-refractivity contribution in [3.63, 3.8) is 0 Å². The minimum Gasteiger partial charge on any atom is -0.370 e. The molecule has 0 aliphatic carbocycles. The first-order chi connectivity index (χ1) is 9.56. The molecule has 0 spiro atoms. The molecule has 0 saturated carbocycles. The van der Waals surface area contributed by atoms with Crippen molar-refractivity contribution in [2.75, 3.05) is 25.1 Å². The molecule has 1 N–H and O–H groups in total. The lowest BCUT2D eigenvalue weighted by molar-refractivity contribution is -0.172. The lowest BCUT2D eigenvalue weighted by Gasteiger charge is -2.09. The lowest BCUT2D eigenvalue weighted by Crippen LogP contribution is -2.20. The Labute approximate surface area is 112 Å². The summed E-state index contributed by atoms with van der Waals surface area (Å²) in [4.78, 5) is 0. The molecule has 2 rings (SSSR count). The van der Waals surface area contributed by atoms with Crippen molar-refractivity contribution in [3.8, 4) is 5.69 Å². The first-order valence-corrected chi connectivity index (χ1v) is 5.78. The average Bonchev–Trinajstić information content (AvgIpc) is 2.86. The molecular weight excluding hydrogens is 275 g/mol. The second-order valence-electron chi connectivity index (χ2n) is 3.84. The van der Waals surface area contributed by atoms with Gasteiger partial charge in [0.25, 0.3) is 0 Å². The Balaban J connectivity index is 1.84. The Morgan fingerprint density at radius 3 is 2.65 bits per heavy atom. The zero-order valence-electron chi connectivity index (χ0n) is 10.3. The number of nitrogens with zero attached hydrogens (tertiary/aromatic N) is 4. The Morgan fingerprint density at radius 2 is 1.95 bits per heavy atom. The number of halogens is 3. The summed E-state index contributed by atoms with van der Waals surface area (Å²) >= 11 is 0. The van der Waals surface area contributed by atoms with E-state index in [1.807, 2.05) is 30.3 Å². The van der Waals surface area contributed by atoms with Gasteiger partial charge in [0.15, 0.2) is 0 Å². The Morgan fingerprint density at radius 1 is 1.20 bits per heavy atom. The standard InChI is InChI=1S/C11H12F3N5O/c12-11(13,14)8-20-7-6-15-10-16-17-18-19(10)9-4-2-1-3-5-9/h1-5H,6-8H2,(H,15,16,18). The zero-order chi connectivity index (χ0) is 14.4. The normalized spacial score (nSPS) is 11.6. The monoisotopic (exact) mass is 287 g/mol. The molecule has 0 saturated heterocycles. The topological polar surface area (TPSA) is 64.9 Å². The number of tetrazole rings is 1. The molecule has 0 amide bonds. The Hall–Kier alpha value is -2.16. The fraction of sp³-hybridized carbons (Fsp3) is 0.364. The molecular formula is C11H12F3N5O. The van der Waals surface area contributed by atoms with E-state index >= 15 is 0 Å². The van der Waals surface area contributed by atoms with Gasteiger partial charge in [-0.25, -0.2) is 0 Å². The van der Waals surface area contributed by atoms with Crippen molar-refractivity contribution >= 4 is 5.95 Å². The molecule has 0 radical (unpaired) electrons. The Kier molecular flexibility index (Phi) is 4.51. The fourth-order valence-electron chi connectivity index (χ4n) is 1.46. The Bertz CT molecular complexity index is 528. The van der Waals surface area contributed by atoms with Crippen LogP contribution in [0, 0.1) is 0 Å². The highest BCUT2D eigenvalue weighted by molar-refractivity contribution is 5.38. The first-order valence-electron chi connectivity index (χ1n) is 5.78. The molecule has 0 fully saturated rings. The second-order valence-corrected chi connectivity index (χ2v) is 3.84. The summed E-state index contributed by atoms with van der Waals surface area (Å²) in [7, 11) is 0. The van der Waals surface area contributed by atoms with E-state index in [0.29, 0.717) is 5.95 Å². The third-order valence-electron chi connectivity index (χ3n) is 2.27. The van der Waals surface area contributed by atoms with E-state index in [9.17, 15) is 13.2 Å². The molecule has 6 nitrogen and oxygen atoms in total. The predicted octanol–water partition coefficient (Wildman–Crippen LogP) is 1.65. The van der Waals surface area contributed by atoms with Crippen LogP contribution in [0.5, 0.6) is 0 Å². The number of hydrogen-bond acceptors (Lipinski definition) is 5. The van der Waals surface area contributed by atoms with E-state index in [1.54, 1.807) is 0 Å². The zero-order valence-corrected chi connectivity index (χ0v) is 10.3. The lowest BCUT2D eigenvalue weighted by atomic mass is 10.3. The van der Waals surface area contributed by atoms with Crippen LogP contribution >= 0.6 is 0 Å². The third-order valence-corrected chi connectivity index (χ3v) is 2.27. The number of ether oxygens (including phenoxy) is 1. The molecule has 20 heavy (non-hydrogen) atoms. The minimum absolute atomic E-state index is 0.0961. The number of para-hydroxylation sites is 1. The van der Waals surface area contributed by atoms with Gasteiger partial charge in [0, 0.05) is 6.54 Å². The van der Waals surface area contributed by atoms with Gasteiger partial charge in [0.2, 0.25) is 5.95 Å². The van der Waals surface area contributed by atoms with Crippen LogP contribution in [-0.2, 0) is 4.74 Å². The van der Waals surface area contributed by atoms with E-state index in [1.165, 1.54) is 4.68 Å². The summed E-state index contributed by atoms with van der Waals surface area (Å²) in [6, 6.07) is 9.12. The van der Waals surface area contributed by atoms with E-state index in [2.05, 4.69) is 25.6 Å². The SMILES string of the molecule is FC(F)(F)COCCNc1nnnn1-c1ccccc1. The molecule has 108 valence electrons. The number of nitrogens with one attached hydrogen (secondary N) is 1. The van der Waals surface area contributed by atoms with Crippen molar-refractivity contribution in [1.82, 2.24) is 20.2 Å². The summed E-state index contributed by atoms with van der Waals surface area (Å²) < 4.78 is 41.5. The van der Waals surface area contributed by atoms with Gasteiger partial charge >= 0.3 is 6.18 Å². The van der Waals surface area contributed by atoms with E-state index in [0.717, 1.165) is 5.69 Å². The summed E-state index contributed by atoms with van der Waals surface area (Å²) in [5, 5.41) is 13.9. The van der Waals surface area contributed by atoms with E-state index in [4.69, 9.17) is 0 Å². The molecule has 1 aromatic heterocycles. The second kappa shape index (κ2) is 6.33. The van der Waals surface area contributed by atoms with Gasteiger partial charge in [-0.05, 0) is 22.6 Å². The number of aromatic nitrogens is 4. The fourth-order valence-corrected chi connectivity index (χ4v) is 1.46. The van der Waals surface area contributed by atoms with E-state index in [-0.39, 0.29) is 13.2 Å². The molecule has 0 unspecified atom stereocenters. The van der Waals surface area contributed by atoms with Crippen LogP contribution in [-0.4, -0.2) is 46.1 Å². The summed E-state index contributed by atoms with van der Waals surface area (Å²) in [5.41, 5.74) is 0.746. The van der Waals surface area contributed by atoms with Gasteiger partial charge in [-0.2, -0.15) is 17.9 Å². The summed E-state index contributed by atoms with van der Waals surface area (Å²) in [5.74, 6) is 0.340. The largest absolute Gasteiger partial charge is 0.411 e. The van der Waals surface area contributed by atoms with Crippen molar-refractivity contribution in [3.05, 3.63) is 30.3 Å². The van der Waals surface area contributed by atoms with Crippen LogP contribution in [0.4, 0.5) is 19.1 Å². The molecule has 2 aromatic rings. The van der Waals surface area contributed by atoms with Crippen LogP contribution in [0.3, 0.4) is 0 Å². The molecule has 0 bridgehead atoms. The first kappa shape index (κ1) is 14.3. The van der Waals surface area contributed by atoms with Crippen LogP contribution in [0.1, 0.15) is 0 Å². The number of alkyl halides is 3. The van der Waals surface area contributed by atoms with Gasteiger partial charge in [-0.15, -0.1) is 0 Å². The predicted molar refractivity (Wildman–Crippen MR) is 64.5 cm³/mol. The van der Waals surface area contributed by atoms with Gasteiger partial charge < -0.3 is 10.1 Å². The molecule has 9 heteroatoms. The number of anilines is 1. The highest BCUT2D eigenvalue weighted by atomic mass is 19.4. The smallest absolute Gasteiger partial charge is 0.370 e. The average molecular weight is 287 g/mol.